The predicted molar refractivity (Wildman–Crippen MR) is 79.9 cm³/mol. The van der Waals surface area contributed by atoms with Crippen molar-refractivity contribution in [3.05, 3.63) is 77.2 Å². The smallest absolute Gasteiger partial charge is 0.0847 e. The molecule has 0 unspecified atom stereocenters. The van der Waals surface area contributed by atoms with E-state index in [-0.39, 0.29) is 0 Å². The highest BCUT2D eigenvalue weighted by atomic mass is 32.1. The maximum atomic E-state index is 8.22. The summed E-state index contributed by atoms with van der Waals surface area (Å²) in [7, 11) is 0. The molecule has 0 saturated carbocycles. The molecule has 0 radical (unpaired) electrons. The molecule has 3 heteroatoms. The standard InChI is InChI=1S/C16H12N2S/c17-16(13-9-5-2-6-10-13)15-11-14(18-19-15)12-7-3-1-4-8-12/h1-11,17H. The first kappa shape index (κ1) is 11.8. The molecule has 0 spiro atoms. The van der Waals surface area contributed by atoms with Gasteiger partial charge in [-0.3, -0.25) is 5.41 Å². The molecule has 0 aliphatic heterocycles. The van der Waals surface area contributed by atoms with Gasteiger partial charge in [-0.05, 0) is 17.6 Å². The van der Waals surface area contributed by atoms with Gasteiger partial charge >= 0.3 is 0 Å². The summed E-state index contributed by atoms with van der Waals surface area (Å²) >= 11 is 1.37. The zero-order valence-corrected chi connectivity index (χ0v) is 11.0. The molecule has 1 aromatic heterocycles. The minimum absolute atomic E-state index is 0.528. The van der Waals surface area contributed by atoms with Gasteiger partial charge in [0, 0.05) is 11.1 Å². The second kappa shape index (κ2) is 5.16. The van der Waals surface area contributed by atoms with E-state index in [9.17, 15) is 0 Å². The predicted octanol–water partition coefficient (Wildman–Crippen LogP) is 4.23. The lowest BCUT2D eigenvalue weighted by atomic mass is 10.1. The van der Waals surface area contributed by atoms with Gasteiger partial charge in [0.25, 0.3) is 0 Å². The average Bonchev–Trinajstić information content (AvgIpc) is 2.98. The van der Waals surface area contributed by atoms with E-state index in [1.807, 2.05) is 66.7 Å². The van der Waals surface area contributed by atoms with Crippen LogP contribution in [-0.4, -0.2) is 10.1 Å². The van der Waals surface area contributed by atoms with E-state index in [2.05, 4.69) is 4.37 Å². The number of aromatic nitrogens is 1. The van der Waals surface area contributed by atoms with Gasteiger partial charge in [-0.15, -0.1) is 0 Å². The van der Waals surface area contributed by atoms with Crippen LogP contribution in [0.4, 0.5) is 0 Å². The van der Waals surface area contributed by atoms with E-state index < -0.39 is 0 Å². The van der Waals surface area contributed by atoms with Crippen LogP contribution < -0.4 is 0 Å². The van der Waals surface area contributed by atoms with E-state index in [4.69, 9.17) is 5.41 Å². The van der Waals surface area contributed by atoms with Crippen LogP contribution in [0.3, 0.4) is 0 Å². The van der Waals surface area contributed by atoms with Crippen LogP contribution in [0.25, 0.3) is 11.3 Å². The summed E-state index contributed by atoms with van der Waals surface area (Å²) in [5.74, 6) is 0. The van der Waals surface area contributed by atoms with E-state index in [1.165, 1.54) is 11.5 Å². The monoisotopic (exact) mass is 264 g/mol. The summed E-state index contributed by atoms with van der Waals surface area (Å²) in [6.45, 7) is 0. The van der Waals surface area contributed by atoms with Crippen LogP contribution in [0.1, 0.15) is 10.4 Å². The molecule has 3 rings (SSSR count). The normalized spacial score (nSPS) is 10.3. The molecular weight excluding hydrogens is 252 g/mol. The van der Waals surface area contributed by atoms with Crippen molar-refractivity contribution >= 4 is 17.2 Å². The summed E-state index contributed by atoms with van der Waals surface area (Å²) in [6, 6.07) is 21.8. The Labute approximate surface area is 116 Å². The Hall–Kier alpha value is -2.26. The first-order valence-corrected chi connectivity index (χ1v) is 6.78. The summed E-state index contributed by atoms with van der Waals surface area (Å²) in [5.41, 5.74) is 3.47. The Kier molecular flexibility index (Phi) is 3.21. The number of nitrogens with zero attached hydrogens (tertiary/aromatic N) is 1. The summed E-state index contributed by atoms with van der Waals surface area (Å²) in [4.78, 5) is 0.894. The Morgan fingerprint density at radius 1 is 0.895 bits per heavy atom. The van der Waals surface area contributed by atoms with Crippen molar-refractivity contribution in [2.45, 2.75) is 0 Å². The number of rotatable bonds is 3. The van der Waals surface area contributed by atoms with E-state index in [1.54, 1.807) is 0 Å². The quantitative estimate of drug-likeness (QED) is 0.706. The van der Waals surface area contributed by atoms with Gasteiger partial charge < -0.3 is 0 Å². The highest BCUT2D eigenvalue weighted by Gasteiger charge is 2.09. The van der Waals surface area contributed by atoms with E-state index in [0.717, 1.165) is 21.7 Å². The molecule has 92 valence electrons. The molecule has 0 saturated heterocycles. The Morgan fingerprint density at radius 3 is 2.21 bits per heavy atom. The summed E-state index contributed by atoms with van der Waals surface area (Å²) in [5, 5.41) is 8.22. The van der Waals surface area contributed by atoms with Gasteiger partial charge in [-0.2, -0.15) is 4.37 Å². The molecule has 0 aliphatic carbocycles. The lowest BCUT2D eigenvalue weighted by Gasteiger charge is -1.99. The third-order valence-electron chi connectivity index (χ3n) is 2.89. The molecule has 2 aromatic carbocycles. The maximum absolute atomic E-state index is 8.22. The molecule has 3 aromatic rings. The molecule has 0 fully saturated rings. The van der Waals surface area contributed by atoms with Crippen LogP contribution in [0.2, 0.25) is 0 Å². The van der Waals surface area contributed by atoms with Crippen molar-refractivity contribution in [3.8, 4) is 11.3 Å². The first-order valence-electron chi connectivity index (χ1n) is 6.01. The van der Waals surface area contributed by atoms with Gasteiger partial charge in [-0.1, -0.05) is 60.7 Å². The highest BCUT2D eigenvalue weighted by Crippen LogP contribution is 2.23. The molecule has 2 nitrogen and oxygen atoms in total. The fourth-order valence-corrected chi connectivity index (χ4v) is 2.61. The first-order chi connectivity index (χ1) is 9.34. The van der Waals surface area contributed by atoms with Crippen LogP contribution in [0.5, 0.6) is 0 Å². The minimum atomic E-state index is 0.528. The third-order valence-corrected chi connectivity index (χ3v) is 3.70. The fourth-order valence-electron chi connectivity index (χ4n) is 1.89. The Morgan fingerprint density at radius 2 is 1.53 bits per heavy atom. The summed E-state index contributed by atoms with van der Waals surface area (Å²) in [6.07, 6.45) is 0. The van der Waals surface area contributed by atoms with Crippen molar-refractivity contribution in [1.29, 1.82) is 5.41 Å². The van der Waals surface area contributed by atoms with Gasteiger partial charge in [0.15, 0.2) is 0 Å². The van der Waals surface area contributed by atoms with Crippen molar-refractivity contribution in [1.82, 2.24) is 4.37 Å². The van der Waals surface area contributed by atoms with Gasteiger partial charge in [0.05, 0.1) is 16.3 Å². The molecule has 0 atom stereocenters. The number of hydrogen-bond donors (Lipinski definition) is 1. The Bertz CT molecular complexity index is 687. The summed E-state index contributed by atoms with van der Waals surface area (Å²) < 4.78 is 4.43. The van der Waals surface area contributed by atoms with Gasteiger partial charge in [0.2, 0.25) is 0 Å². The highest BCUT2D eigenvalue weighted by molar-refractivity contribution is 7.08. The molecule has 1 N–H and O–H groups in total. The largest absolute Gasteiger partial charge is 0.299 e. The van der Waals surface area contributed by atoms with Crippen LogP contribution in [0, 0.1) is 5.41 Å². The van der Waals surface area contributed by atoms with Crippen LogP contribution in [0.15, 0.2) is 66.7 Å². The second-order valence-corrected chi connectivity index (χ2v) is 4.99. The number of hydrogen-bond acceptors (Lipinski definition) is 3. The molecule has 0 bridgehead atoms. The van der Waals surface area contributed by atoms with Crippen LogP contribution in [-0.2, 0) is 0 Å². The zero-order chi connectivity index (χ0) is 13.1. The molecule has 0 aliphatic rings. The van der Waals surface area contributed by atoms with E-state index >= 15 is 0 Å². The second-order valence-electron chi connectivity index (χ2n) is 4.18. The Balaban J connectivity index is 1.92. The van der Waals surface area contributed by atoms with Gasteiger partial charge in [0.1, 0.15) is 0 Å². The van der Waals surface area contributed by atoms with Crippen molar-refractivity contribution in [2.24, 2.45) is 0 Å². The third kappa shape index (κ3) is 2.46. The topological polar surface area (TPSA) is 36.7 Å². The molecule has 1 heterocycles. The minimum Gasteiger partial charge on any atom is -0.299 e. The molecule has 19 heavy (non-hydrogen) atoms. The lowest BCUT2D eigenvalue weighted by Crippen LogP contribution is -1.97. The van der Waals surface area contributed by atoms with Crippen molar-refractivity contribution in [3.63, 3.8) is 0 Å². The number of nitrogens with one attached hydrogen (secondary N) is 1. The van der Waals surface area contributed by atoms with Crippen LogP contribution >= 0.6 is 11.5 Å². The van der Waals surface area contributed by atoms with Crippen molar-refractivity contribution in [2.75, 3.05) is 0 Å². The van der Waals surface area contributed by atoms with Gasteiger partial charge in [-0.25, -0.2) is 0 Å². The molecular formula is C16H12N2S. The SMILES string of the molecule is N=C(c1ccccc1)c1cc(-c2ccccc2)ns1. The maximum Gasteiger partial charge on any atom is 0.0847 e. The van der Waals surface area contributed by atoms with Crippen molar-refractivity contribution < 1.29 is 0 Å². The lowest BCUT2D eigenvalue weighted by molar-refractivity contribution is 1.48. The zero-order valence-electron chi connectivity index (χ0n) is 10.2. The fraction of sp³-hybridized carbons (Fsp3) is 0. The molecule has 0 amide bonds. The number of benzene rings is 2. The van der Waals surface area contributed by atoms with E-state index in [0.29, 0.717) is 5.71 Å². The average molecular weight is 264 g/mol.